The molecule has 126 valence electrons. The normalized spacial score (nSPS) is 19.9. The first-order valence-electron chi connectivity index (χ1n) is 7.23. The summed E-state index contributed by atoms with van der Waals surface area (Å²) in [7, 11) is 3.13. The zero-order valence-electron chi connectivity index (χ0n) is 13.1. The molecule has 1 saturated heterocycles. The molecule has 7 heteroatoms. The number of methoxy groups -OCH3 is 2. The van der Waals surface area contributed by atoms with Gasteiger partial charge in [0.05, 0.1) is 30.3 Å². The number of anilines is 1. The van der Waals surface area contributed by atoms with Crippen molar-refractivity contribution in [2.75, 3.05) is 19.1 Å². The van der Waals surface area contributed by atoms with Crippen LogP contribution >= 0.6 is 23.2 Å². The van der Waals surface area contributed by atoms with Gasteiger partial charge in [0.15, 0.2) is 11.5 Å². The molecule has 0 aliphatic carbocycles. The Labute approximate surface area is 149 Å². The smallest absolute Gasteiger partial charge is 0.247 e. The van der Waals surface area contributed by atoms with Crippen LogP contribution in [-0.4, -0.2) is 26.2 Å². The maximum atomic E-state index is 12.3. The van der Waals surface area contributed by atoms with E-state index in [4.69, 9.17) is 38.4 Å². The molecule has 0 spiro atoms. The van der Waals surface area contributed by atoms with Crippen LogP contribution in [0.25, 0.3) is 0 Å². The van der Waals surface area contributed by atoms with Gasteiger partial charge in [-0.25, -0.2) is 0 Å². The molecule has 2 N–H and O–H groups in total. The van der Waals surface area contributed by atoms with Gasteiger partial charge in [-0.05, 0) is 35.9 Å². The van der Waals surface area contributed by atoms with Gasteiger partial charge in [-0.1, -0.05) is 29.3 Å². The summed E-state index contributed by atoms with van der Waals surface area (Å²) in [5.41, 5.74) is 7.54. The van der Waals surface area contributed by atoms with Crippen LogP contribution in [-0.2, 0) is 4.79 Å². The molecule has 0 radical (unpaired) electrons. The van der Waals surface area contributed by atoms with Gasteiger partial charge in [0.1, 0.15) is 6.04 Å². The van der Waals surface area contributed by atoms with Crippen molar-refractivity contribution < 1.29 is 14.3 Å². The average Bonchev–Trinajstić information content (AvgIpc) is 2.60. The molecular formula is C17H16Cl2N2O3. The molecule has 0 aromatic heterocycles. The molecule has 1 heterocycles. The number of benzene rings is 2. The number of amides is 1. The van der Waals surface area contributed by atoms with Crippen molar-refractivity contribution in [2.24, 2.45) is 5.73 Å². The largest absolute Gasteiger partial charge is 0.493 e. The van der Waals surface area contributed by atoms with Gasteiger partial charge >= 0.3 is 0 Å². The molecule has 5 nitrogen and oxygen atoms in total. The van der Waals surface area contributed by atoms with Crippen molar-refractivity contribution in [1.82, 2.24) is 0 Å². The molecule has 2 aromatic rings. The first-order chi connectivity index (χ1) is 11.5. The second-order valence-electron chi connectivity index (χ2n) is 5.39. The van der Waals surface area contributed by atoms with Gasteiger partial charge in [-0.15, -0.1) is 0 Å². The van der Waals surface area contributed by atoms with Gasteiger partial charge in [0.2, 0.25) is 5.91 Å². The number of hydrogen-bond acceptors (Lipinski definition) is 4. The van der Waals surface area contributed by atoms with Crippen LogP contribution in [0.1, 0.15) is 11.6 Å². The summed E-state index contributed by atoms with van der Waals surface area (Å²) in [5.74, 6) is 1.02. The summed E-state index contributed by atoms with van der Waals surface area (Å²) in [6.07, 6.45) is 0. The van der Waals surface area contributed by atoms with E-state index in [2.05, 4.69) is 0 Å². The van der Waals surface area contributed by atoms with Crippen molar-refractivity contribution in [3.8, 4) is 11.5 Å². The molecule has 1 aliphatic rings. The Morgan fingerprint density at radius 3 is 2.33 bits per heavy atom. The summed E-state index contributed by atoms with van der Waals surface area (Å²) in [6.45, 7) is 0. The number of ether oxygens (including phenoxy) is 2. The Hall–Kier alpha value is -1.95. The molecule has 2 atom stereocenters. The maximum Gasteiger partial charge on any atom is 0.247 e. The highest BCUT2D eigenvalue weighted by Crippen LogP contribution is 2.42. The van der Waals surface area contributed by atoms with E-state index in [-0.39, 0.29) is 11.9 Å². The Balaban J connectivity index is 1.99. The fraction of sp³-hybridized carbons (Fsp3) is 0.235. The summed E-state index contributed by atoms with van der Waals surface area (Å²) >= 11 is 12.0. The third-order valence-electron chi connectivity index (χ3n) is 4.07. The quantitative estimate of drug-likeness (QED) is 0.841. The fourth-order valence-corrected chi connectivity index (χ4v) is 3.12. The molecule has 1 amide bonds. The molecule has 3 rings (SSSR count). The lowest BCUT2D eigenvalue weighted by atomic mass is 9.88. The van der Waals surface area contributed by atoms with Gasteiger partial charge in [0, 0.05) is 5.69 Å². The zero-order chi connectivity index (χ0) is 17.4. The molecule has 0 unspecified atom stereocenters. The predicted molar refractivity (Wildman–Crippen MR) is 94.2 cm³/mol. The number of hydrogen-bond donors (Lipinski definition) is 1. The fourth-order valence-electron chi connectivity index (χ4n) is 2.83. The highest BCUT2D eigenvalue weighted by Gasteiger charge is 2.47. The van der Waals surface area contributed by atoms with Crippen LogP contribution in [0.4, 0.5) is 5.69 Å². The van der Waals surface area contributed by atoms with Crippen LogP contribution in [0.2, 0.25) is 10.0 Å². The maximum absolute atomic E-state index is 12.3. The lowest BCUT2D eigenvalue weighted by molar-refractivity contribution is -0.126. The van der Waals surface area contributed by atoms with E-state index in [9.17, 15) is 4.79 Å². The van der Waals surface area contributed by atoms with Gasteiger partial charge < -0.3 is 20.1 Å². The van der Waals surface area contributed by atoms with Crippen LogP contribution in [0.5, 0.6) is 11.5 Å². The van der Waals surface area contributed by atoms with E-state index < -0.39 is 6.04 Å². The van der Waals surface area contributed by atoms with E-state index >= 15 is 0 Å². The number of nitrogens with two attached hydrogens (primary N) is 1. The van der Waals surface area contributed by atoms with Gasteiger partial charge in [-0.3, -0.25) is 4.79 Å². The van der Waals surface area contributed by atoms with E-state index in [0.717, 1.165) is 5.56 Å². The van der Waals surface area contributed by atoms with Crippen LogP contribution in [0.3, 0.4) is 0 Å². The minimum Gasteiger partial charge on any atom is -0.493 e. The Morgan fingerprint density at radius 2 is 1.71 bits per heavy atom. The molecular weight excluding hydrogens is 351 g/mol. The molecule has 1 aliphatic heterocycles. The first kappa shape index (κ1) is 16.9. The van der Waals surface area contributed by atoms with Crippen LogP contribution < -0.4 is 20.1 Å². The highest BCUT2D eigenvalue weighted by atomic mass is 35.5. The number of nitrogens with zero attached hydrogens (tertiary/aromatic N) is 1. The molecule has 1 fully saturated rings. The van der Waals surface area contributed by atoms with E-state index in [1.54, 1.807) is 43.4 Å². The van der Waals surface area contributed by atoms with Crippen LogP contribution in [0.15, 0.2) is 36.4 Å². The summed E-state index contributed by atoms with van der Waals surface area (Å²) < 4.78 is 10.6. The van der Waals surface area contributed by atoms with Crippen molar-refractivity contribution in [1.29, 1.82) is 0 Å². The number of rotatable bonds is 4. The van der Waals surface area contributed by atoms with E-state index in [0.29, 0.717) is 27.2 Å². The van der Waals surface area contributed by atoms with Gasteiger partial charge in [-0.2, -0.15) is 0 Å². The average molecular weight is 367 g/mol. The van der Waals surface area contributed by atoms with Crippen LogP contribution in [0, 0.1) is 0 Å². The number of β-lactam (4-membered cyclic amide) rings is 1. The number of carbonyl (C=O) groups is 1. The van der Waals surface area contributed by atoms with Crippen molar-refractivity contribution in [2.45, 2.75) is 12.1 Å². The SMILES string of the molecule is COc1ccc([C@H]2[C@H](N)C(=O)N2c2ccc(Cl)c(Cl)c2)cc1OC. The molecule has 2 aromatic carbocycles. The molecule has 24 heavy (non-hydrogen) atoms. The van der Waals surface area contributed by atoms with Gasteiger partial charge in [0.25, 0.3) is 0 Å². The van der Waals surface area contributed by atoms with Crippen molar-refractivity contribution in [3.05, 3.63) is 52.0 Å². The minimum absolute atomic E-state index is 0.173. The number of carbonyl (C=O) groups excluding carboxylic acids is 1. The second-order valence-corrected chi connectivity index (χ2v) is 6.21. The lowest BCUT2D eigenvalue weighted by Crippen LogP contribution is -2.63. The molecule has 0 saturated carbocycles. The Morgan fingerprint density at radius 1 is 1.00 bits per heavy atom. The molecule has 0 bridgehead atoms. The van der Waals surface area contributed by atoms with Crippen molar-refractivity contribution in [3.63, 3.8) is 0 Å². The standard InChI is InChI=1S/C17H16Cl2N2O3/c1-23-13-6-3-9(7-14(13)24-2)16-15(20)17(22)21(16)10-4-5-11(18)12(19)8-10/h3-8,15-16H,20H2,1-2H3/t15-,16-/m0/s1. The predicted octanol–water partition coefficient (Wildman–Crippen LogP) is 3.43. The minimum atomic E-state index is -0.627. The van der Waals surface area contributed by atoms with E-state index in [1.165, 1.54) is 0 Å². The Kier molecular flexibility index (Phi) is 4.58. The highest BCUT2D eigenvalue weighted by molar-refractivity contribution is 6.42. The first-order valence-corrected chi connectivity index (χ1v) is 7.99. The third kappa shape index (κ3) is 2.69. The monoisotopic (exact) mass is 366 g/mol. The second kappa shape index (κ2) is 6.51. The lowest BCUT2D eigenvalue weighted by Gasteiger charge is -2.45. The van der Waals surface area contributed by atoms with Crippen molar-refractivity contribution >= 4 is 34.8 Å². The Bertz CT molecular complexity index is 797. The summed E-state index contributed by atoms with van der Waals surface area (Å²) in [4.78, 5) is 13.9. The summed E-state index contributed by atoms with van der Waals surface area (Å²) in [5, 5.41) is 0.814. The topological polar surface area (TPSA) is 64.8 Å². The summed E-state index contributed by atoms with van der Waals surface area (Å²) in [6, 6.07) is 9.59. The zero-order valence-corrected chi connectivity index (χ0v) is 14.6. The van der Waals surface area contributed by atoms with E-state index in [1.807, 2.05) is 12.1 Å². The third-order valence-corrected chi connectivity index (χ3v) is 4.81. The number of halogens is 2.